The molecule has 3 aromatic rings. The Balaban J connectivity index is 0.000000381. The van der Waals surface area contributed by atoms with Crippen LogP contribution < -0.4 is 15.8 Å². The van der Waals surface area contributed by atoms with E-state index in [0.717, 1.165) is 22.3 Å². The van der Waals surface area contributed by atoms with Crippen LogP contribution in [0.3, 0.4) is 0 Å². The SMILES string of the molecule is CC(C)(C)OC(=O)N[C@](C)(CO)C(=O)O.Cc1c(-c2noc(-c3ccc(OC(C)C)c(C#N)c3)n2)ccc2c1CCN(C(=O)[C@](C)(N)CO)C2. The number of nitriles is 1. The van der Waals surface area contributed by atoms with Crippen LogP contribution in [0.2, 0.25) is 0 Å². The highest BCUT2D eigenvalue weighted by molar-refractivity contribution is 5.86. The second-order valence-electron chi connectivity index (χ2n) is 13.8. The summed E-state index contributed by atoms with van der Waals surface area (Å²) in [6.07, 6.45) is -0.258. The Labute approximate surface area is 291 Å². The van der Waals surface area contributed by atoms with Crippen LogP contribution in [0, 0.1) is 18.3 Å². The highest BCUT2D eigenvalue weighted by atomic mass is 16.6. The van der Waals surface area contributed by atoms with Gasteiger partial charge in [-0.15, -0.1) is 0 Å². The maximum atomic E-state index is 12.7. The van der Waals surface area contributed by atoms with Crippen molar-refractivity contribution >= 4 is 18.0 Å². The molecule has 6 N–H and O–H groups in total. The van der Waals surface area contributed by atoms with Gasteiger partial charge in [-0.1, -0.05) is 17.3 Å². The van der Waals surface area contributed by atoms with Gasteiger partial charge < -0.3 is 45.3 Å². The molecule has 0 spiro atoms. The largest absolute Gasteiger partial charge is 0.490 e. The number of ether oxygens (including phenoxy) is 2. The first kappa shape index (κ1) is 39.4. The fourth-order valence-corrected chi connectivity index (χ4v) is 4.93. The molecular formula is C35H46N6O9. The number of hydrogen-bond acceptors (Lipinski definition) is 12. The van der Waals surface area contributed by atoms with Gasteiger partial charge in [-0.05, 0) is 96.7 Å². The molecule has 0 radical (unpaired) electrons. The zero-order valence-corrected chi connectivity index (χ0v) is 29.7. The van der Waals surface area contributed by atoms with Gasteiger partial charge >= 0.3 is 12.1 Å². The quantitative estimate of drug-likeness (QED) is 0.217. The third-order valence-electron chi connectivity index (χ3n) is 7.73. The molecule has 0 saturated carbocycles. The topological polar surface area (TPSA) is 234 Å². The summed E-state index contributed by atoms with van der Waals surface area (Å²) in [6, 6.07) is 11.2. The Morgan fingerprint density at radius 2 is 1.80 bits per heavy atom. The number of amides is 2. The Bertz CT molecular complexity index is 1760. The molecule has 15 nitrogen and oxygen atoms in total. The van der Waals surface area contributed by atoms with E-state index < -0.39 is 42.0 Å². The van der Waals surface area contributed by atoms with E-state index >= 15 is 0 Å². The van der Waals surface area contributed by atoms with Crippen molar-refractivity contribution in [1.82, 2.24) is 20.4 Å². The summed E-state index contributed by atoms with van der Waals surface area (Å²) in [5.74, 6) is -0.312. The van der Waals surface area contributed by atoms with Crippen molar-refractivity contribution in [2.24, 2.45) is 5.73 Å². The zero-order chi connectivity index (χ0) is 37.6. The Morgan fingerprint density at radius 1 is 1.12 bits per heavy atom. The minimum atomic E-state index is -1.72. The number of nitrogens with two attached hydrogens (primary N) is 1. The molecule has 0 aliphatic carbocycles. The maximum absolute atomic E-state index is 12.7. The van der Waals surface area contributed by atoms with Crippen LogP contribution in [-0.2, 0) is 27.3 Å². The van der Waals surface area contributed by atoms with Crippen LogP contribution in [0.1, 0.15) is 70.7 Å². The number of carboxylic acids is 1. The lowest BCUT2D eigenvalue weighted by Crippen LogP contribution is -2.56. The normalized spacial score (nSPS) is 15.0. The number of aliphatic hydroxyl groups is 2. The summed E-state index contributed by atoms with van der Waals surface area (Å²) < 4.78 is 16.1. The zero-order valence-electron chi connectivity index (χ0n) is 29.7. The molecule has 270 valence electrons. The first-order chi connectivity index (χ1) is 23.2. The van der Waals surface area contributed by atoms with Gasteiger partial charge in [-0.25, -0.2) is 9.59 Å². The van der Waals surface area contributed by atoms with E-state index in [9.17, 15) is 24.8 Å². The van der Waals surface area contributed by atoms with Crippen LogP contribution in [0.5, 0.6) is 5.75 Å². The standard InChI is InChI=1S/C26H29N5O4.C9H17NO5/c1-15(2)34-22-8-6-17(11-19(22)12-27)24-29-23(30-35-24)21-7-5-18-13-31(10-9-20(18)16(21)3)25(33)26(4,28)14-32;1-8(2,3)15-7(14)10-9(4,5-11)6(12)13/h5-8,11,15,32H,9-10,13-14,28H2,1-4H3;11H,5H2,1-4H3,(H,10,14)(H,12,13)/t26-;9-/m11/s1. The number of fused-ring (bicyclic) bond motifs is 1. The fourth-order valence-electron chi connectivity index (χ4n) is 4.93. The van der Waals surface area contributed by atoms with Crippen molar-refractivity contribution in [2.75, 3.05) is 19.8 Å². The van der Waals surface area contributed by atoms with E-state index in [-0.39, 0.29) is 12.0 Å². The average Bonchev–Trinajstić information content (AvgIpc) is 3.53. The smallest absolute Gasteiger partial charge is 0.408 e. The molecule has 0 fully saturated rings. The Kier molecular flexibility index (Phi) is 12.3. The summed E-state index contributed by atoms with van der Waals surface area (Å²) in [5, 5.41) is 42.8. The third-order valence-corrected chi connectivity index (χ3v) is 7.73. The molecule has 0 bridgehead atoms. The summed E-state index contributed by atoms with van der Waals surface area (Å²) in [6.45, 7) is 13.4. The van der Waals surface area contributed by atoms with Crippen LogP contribution in [0.15, 0.2) is 34.9 Å². The number of hydrogen-bond donors (Lipinski definition) is 5. The van der Waals surface area contributed by atoms with Gasteiger partial charge in [0.2, 0.25) is 11.7 Å². The second-order valence-corrected chi connectivity index (χ2v) is 13.8. The molecule has 2 atom stereocenters. The minimum Gasteiger partial charge on any atom is -0.490 e. The summed E-state index contributed by atoms with van der Waals surface area (Å²) in [5.41, 5.74) is 7.30. The van der Waals surface area contributed by atoms with Gasteiger partial charge in [0.25, 0.3) is 5.89 Å². The highest BCUT2D eigenvalue weighted by Gasteiger charge is 2.36. The minimum absolute atomic E-state index is 0.0466. The number of alkyl carbamates (subject to hydrolysis) is 1. The van der Waals surface area contributed by atoms with Gasteiger partial charge in [-0.3, -0.25) is 4.79 Å². The monoisotopic (exact) mass is 694 g/mol. The maximum Gasteiger partial charge on any atom is 0.408 e. The van der Waals surface area contributed by atoms with E-state index in [2.05, 4.69) is 21.5 Å². The molecule has 1 aliphatic heterocycles. The van der Waals surface area contributed by atoms with E-state index in [1.807, 2.05) is 32.9 Å². The molecule has 15 heteroatoms. The van der Waals surface area contributed by atoms with Crippen LogP contribution in [-0.4, -0.2) is 90.9 Å². The average molecular weight is 695 g/mol. The van der Waals surface area contributed by atoms with E-state index in [4.69, 9.17) is 29.9 Å². The lowest BCUT2D eigenvalue weighted by Gasteiger charge is -2.35. The van der Waals surface area contributed by atoms with Gasteiger partial charge in [0.05, 0.1) is 24.9 Å². The van der Waals surface area contributed by atoms with Crippen molar-refractivity contribution in [3.8, 4) is 34.7 Å². The fraction of sp³-hybridized carbons (Fsp3) is 0.486. The van der Waals surface area contributed by atoms with E-state index in [1.54, 1.807) is 43.9 Å². The van der Waals surface area contributed by atoms with Crippen molar-refractivity contribution in [1.29, 1.82) is 5.26 Å². The lowest BCUT2D eigenvalue weighted by atomic mass is 9.90. The molecule has 2 amide bonds. The number of aliphatic hydroxyl groups excluding tert-OH is 2. The second kappa shape index (κ2) is 15.7. The number of benzene rings is 2. The van der Waals surface area contributed by atoms with Crippen molar-refractivity contribution < 1.29 is 43.7 Å². The molecule has 4 rings (SSSR count). The summed E-state index contributed by atoms with van der Waals surface area (Å²) in [4.78, 5) is 40.9. The summed E-state index contributed by atoms with van der Waals surface area (Å²) >= 11 is 0. The molecule has 0 unspecified atom stereocenters. The number of carboxylic acid groups (broad SMARTS) is 1. The first-order valence-electron chi connectivity index (χ1n) is 16.0. The molecule has 2 aromatic carbocycles. The molecule has 0 saturated heterocycles. The van der Waals surface area contributed by atoms with Crippen LogP contribution in [0.4, 0.5) is 4.79 Å². The first-order valence-corrected chi connectivity index (χ1v) is 16.0. The number of aromatic nitrogens is 2. The van der Waals surface area contributed by atoms with Gasteiger partial charge in [0, 0.05) is 24.2 Å². The number of aliphatic carboxylic acids is 1. The number of carbonyl (C=O) groups excluding carboxylic acids is 2. The van der Waals surface area contributed by atoms with E-state index in [1.165, 1.54) is 13.8 Å². The highest BCUT2D eigenvalue weighted by Crippen LogP contribution is 2.32. The van der Waals surface area contributed by atoms with Crippen LogP contribution in [0.25, 0.3) is 22.8 Å². The van der Waals surface area contributed by atoms with Crippen LogP contribution >= 0.6 is 0 Å². The van der Waals surface area contributed by atoms with Gasteiger partial charge in [-0.2, -0.15) is 10.2 Å². The number of nitrogens with zero attached hydrogens (tertiary/aromatic N) is 4. The van der Waals surface area contributed by atoms with E-state index in [0.29, 0.717) is 48.1 Å². The lowest BCUT2D eigenvalue weighted by molar-refractivity contribution is -0.145. The molecule has 2 heterocycles. The molecule has 1 aromatic heterocycles. The molecule has 50 heavy (non-hydrogen) atoms. The molecular weight excluding hydrogens is 648 g/mol. The number of rotatable bonds is 9. The predicted molar refractivity (Wildman–Crippen MR) is 182 cm³/mol. The van der Waals surface area contributed by atoms with Crippen molar-refractivity contribution in [3.63, 3.8) is 0 Å². The summed E-state index contributed by atoms with van der Waals surface area (Å²) in [7, 11) is 0. The van der Waals surface area contributed by atoms with Gasteiger partial charge in [0.15, 0.2) is 5.54 Å². The Hall–Kier alpha value is -5.04. The van der Waals surface area contributed by atoms with Crippen molar-refractivity contribution in [3.05, 3.63) is 52.6 Å². The Morgan fingerprint density at radius 3 is 2.36 bits per heavy atom. The predicted octanol–water partition coefficient (Wildman–Crippen LogP) is 3.31. The number of nitrogens with one attached hydrogen (secondary N) is 1. The number of carbonyl (C=O) groups is 3. The van der Waals surface area contributed by atoms with Gasteiger partial charge in [0.1, 0.15) is 23.0 Å². The van der Waals surface area contributed by atoms with Crippen molar-refractivity contribution in [2.45, 2.75) is 91.1 Å². The third kappa shape index (κ3) is 9.56. The molecule has 1 aliphatic rings.